The number of carbonyl (C=O) groups is 2. The van der Waals surface area contributed by atoms with Gasteiger partial charge in [0.25, 0.3) is 11.7 Å². The van der Waals surface area contributed by atoms with Crippen molar-refractivity contribution in [2.75, 3.05) is 40.4 Å². The van der Waals surface area contributed by atoms with Crippen molar-refractivity contribution in [3.63, 3.8) is 0 Å². The maximum absolute atomic E-state index is 13.2. The van der Waals surface area contributed by atoms with Crippen LogP contribution in [0.3, 0.4) is 0 Å². The second-order valence-corrected chi connectivity index (χ2v) is 9.23. The summed E-state index contributed by atoms with van der Waals surface area (Å²) < 4.78 is 11.4. The summed E-state index contributed by atoms with van der Waals surface area (Å²) in [6, 6.07) is 13.7. The minimum Gasteiger partial charge on any atom is -0.507 e. The molecule has 0 spiro atoms. The van der Waals surface area contributed by atoms with Gasteiger partial charge in [-0.2, -0.15) is 0 Å². The van der Waals surface area contributed by atoms with Gasteiger partial charge in [0.1, 0.15) is 17.3 Å². The first-order chi connectivity index (χ1) is 17.4. The SMILES string of the molecule is CCCCCOc1ccc(C2/C(=C(\O)c3cccc(OCC)c3)C(=O)C(=O)N2CCCN(C)C)cc1. The Bertz CT molecular complexity index is 1060. The fraction of sp³-hybridized carbons (Fsp3) is 0.448. The Labute approximate surface area is 214 Å². The normalized spacial score (nSPS) is 17.1. The molecule has 0 bridgehead atoms. The summed E-state index contributed by atoms with van der Waals surface area (Å²) >= 11 is 0. The van der Waals surface area contributed by atoms with Crippen molar-refractivity contribution in [2.45, 2.75) is 45.6 Å². The fourth-order valence-corrected chi connectivity index (χ4v) is 4.36. The average Bonchev–Trinajstić information content (AvgIpc) is 3.12. The minimum atomic E-state index is -0.683. The molecule has 194 valence electrons. The summed E-state index contributed by atoms with van der Waals surface area (Å²) in [5, 5.41) is 11.3. The molecule has 1 fully saturated rings. The topological polar surface area (TPSA) is 79.3 Å². The van der Waals surface area contributed by atoms with Crippen molar-refractivity contribution in [1.29, 1.82) is 0 Å². The molecule has 1 amide bonds. The van der Waals surface area contributed by atoms with Gasteiger partial charge in [-0.1, -0.05) is 44.0 Å². The molecule has 2 aromatic carbocycles. The summed E-state index contributed by atoms with van der Waals surface area (Å²) in [7, 11) is 3.94. The van der Waals surface area contributed by atoms with E-state index in [1.54, 1.807) is 29.2 Å². The number of likely N-dealkylation sites (tertiary alicyclic amines) is 1. The van der Waals surface area contributed by atoms with Crippen LogP contribution in [0.4, 0.5) is 0 Å². The molecular formula is C29H38N2O5. The van der Waals surface area contributed by atoms with Gasteiger partial charge in [0.05, 0.1) is 24.8 Å². The quantitative estimate of drug-likeness (QED) is 0.182. The van der Waals surface area contributed by atoms with Crippen LogP contribution in [0.2, 0.25) is 0 Å². The first-order valence-electron chi connectivity index (χ1n) is 12.8. The van der Waals surface area contributed by atoms with Gasteiger partial charge in [-0.05, 0) is 70.2 Å². The van der Waals surface area contributed by atoms with Gasteiger partial charge in [0.2, 0.25) is 0 Å². The number of aliphatic hydroxyl groups excluding tert-OH is 1. The van der Waals surface area contributed by atoms with Crippen LogP contribution in [0.1, 0.15) is 56.7 Å². The molecule has 1 unspecified atom stereocenters. The van der Waals surface area contributed by atoms with E-state index in [1.165, 1.54) is 0 Å². The van der Waals surface area contributed by atoms with E-state index >= 15 is 0 Å². The predicted molar refractivity (Wildman–Crippen MR) is 141 cm³/mol. The molecule has 0 radical (unpaired) electrons. The second-order valence-electron chi connectivity index (χ2n) is 9.23. The zero-order chi connectivity index (χ0) is 26.1. The van der Waals surface area contributed by atoms with E-state index in [0.717, 1.165) is 37.1 Å². The van der Waals surface area contributed by atoms with E-state index < -0.39 is 17.7 Å². The monoisotopic (exact) mass is 494 g/mol. The number of hydrogen-bond acceptors (Lipinski definition) is 6. The molecule has 2 aromatic rings. The Hall–Kier alpha value is -3.32. The van der Waals surface area contributed by atoms with Crippen LogP contribution in [0.5, 0.6) is 11.5 Å². The Balaban J connectivity index is 1.98. The van der Waals surface area contributed by atoms with Gasteiger partial charge in [0, 0.05) is 12.1 Å². The number of hydrogen-bond donors (Lipinski definition) is 1. The number of Topliss-reactive ketones (excluding diaryl/α,β-unsaturated/α-hetero) is 1. The van der Waals surface area contributed by atoms with Crippen molar-refractivity contribution < 1.29 is 24.2 Å². The molecule has 7 nitrogen and oxygen atoms in total. The fourth-order valence-electron chi connectivity index (χ4n) is 4.36. The molecule has 1 atom stereocenters. The number of aliphatic hydroxyl groups is 1. The van der Waals surface area contributed by atoms with E-state index in [0.29, 0.717) is 37.5 Å². The van der Waals surface area contributed by atoms with Crippen LogP contribution in [-0.2, 0) is 9.59 Å². The third-order valence-corrected chi connectivity index (χ3v) is 6.18. The molecule has 1 aliphatic heterocycles. The molecular weight excluding hydrogens is 456 g/mol. The molecule has 3 rings (SSSR count). The first-order valence-corrected chi connectivity index (χ1v) is 12.8. The van der Waals surface area contributed by atoms with Crippen LogP contribution in [-0.4, -0.2) is 67.0 Å². The molecule has 1 saturated heterocycles. The highest BCUT2D eigenvalue weighted by molar-refractivity contribution is 6.46. The average molecular weight is 495 g/mol. The zero-order valence-electron chi connectivity index (χ0n) is 21.8. The number of benzene rings is 2. The van der Waals surface area contributed by atoms with Gasteiger partial charge in [-0.3, -0.25) is 9.59 Å². The summed E-state index contributed by atoms with van der Waals surface area (Å²) in [6.07, 6.45) is 3.94. The summed E-state index contributed by atoms with van der Waals surface area (Å²) in [4.78, 5) is 29.9. The van der Waals surface area contributed by atoms with Crippen molar-refractivity contribution in [3.8, 4) is 11.5 Å². The number of amides is 1. The van der Waals surface area contributed by atoms with Crippen molar-refractivity contribution in [1.82, 2.24) is 9.80 Å². The zero-order valence-corrected chi connectivity index (χ0v) is 21.8. The van der Waals surface area contributed by atoms with Crippen molar-refractivity contribution >= 4 is 17.4 Å². The number of ether oxygens (including phenoxy) is 2. The van der Waals surface area contributed by atoms with Gasteiger partial charge in [-0.25, -0.2) is 0 Å². The first kappa shape index (κ1) is 27.3. The summed E-state index contributed by atoms with van der Waals surface area (Å²) in [5.41, 5.74) is 1.28. The van der Waals surface area contributed by atoms with Crippen LogP contribution in [0.15, 0.2) is 54.1 Å². The molecule has 1 heterocycles. The smallest absolute Gasteiger partial charge is 0.295 e. The van der Waals surface area contributed by atoms with Crippen molar-refractivity contribution in [3.05, 3.63) is 65.2 Å². The van der Waals surface area contributed by atoms with Crippen molar-refractivity contribution in [2.24, 2.45) is 0 Å². The Morgan fingerprint density at radius 2 is 1.72 bits per heavy atom. The molecule has 0 aromatic heterocycles. The lowest BCUT2D eigenvalue weighted by Crippen LogP contribution is -2.32. The third-order valence-electron chi connectivity index (χ3n) is 6.18. The summed E-state index contributed by atoms with van der Waals surface area (Å²) in [6.45, 7) is 6.33. The lowest BCUT2D eigenvalue weighted by molar-refractivity contribution is -0.139. The lowest BCUT2D eigenvalue weighted by Gasteiger charge is -2.26. The number of ketones is 1. The third kappa shape index (κ3) is 6.66. The predicted octanol–water partition coefficient (Wildman–Crippen LogP) is 5.03. The molecule has 1 aliphatic rings. The van der Waals surface area contributed by atoms with E-state index in [9.17, 15) is 14.7 Å². The van der Waals surface area contributed by atoms with E-state index in [-0.39, 0.29) is 11.3 Å². The highest BCUT2D eigenvalue weighted by Gasteiger charge is 2.45. The molecule has 36 heavy (non-hydrogen) atoms. The minimum absolute atomic E-state index is 0.0927. The Kier molecular flexibility index (Phi) is 9.94. The number of nitrogens with zero attached hydrogens (tertiary/aromatic N) is 2. The standard InChI is InChI=1S/C29H38N2O5/c1-5-7-8-19-36-23-15-13-21(14-16-23)26-25(27(32)22-11-9-12-24(20-22)35-6-2)28(33)29(34)31(26)18-10-17-30(3)4/h9,11-16,20,26,32H,5-8,10,17-19H2,1-4H3/b27-25+. The van der Waals surface area contributed by atoms with Crippen LogP contribution in [0.25, 0.3) is 5.76 Å². The second kappa shape index (κ2) is 13.1. The van der Waals surface area contributed by atoms with Gasteiger partial charge < -0.3 is 24.4 Å². The Morgan fingerprint density at radius 3 is 2.39 bits per heavy atom. The number of carbonyl (C=O) groups excluding carboxylic acids is 2. The van der Waals surface area contributed by atoms with Crippen LogP contribution in [0, 0.1) is 0 Å². The molecule has 1 N–H and O–H groups in total. The maximum Gasteiger partial charge on any atom is 0.295 e. The summed E-state index contributed by atoms with van der Waals surface area (Å²) in [5.74, 6) is -0.146. The number of rotatable bonds is 13. The van der Waals surface area contributed by atoms with Crippen LogP contribution >= 0.6 is 0 Å². The van der Waals surface area contributed by atoms with E-state index in [4.69, 9.17) is 9.47 Å². The lowest BCUT2D eigenvalue weighted by atomic mass is 9.95. The molecule has 0 aliphatic carbocycles. The van der Waals surface area contributed by atoms with E-state index in [1.807, 2.05) is 50.2 Å². The Morgan fingerprint density at radius 1 is 0.972 bits per heavy atom. The van der Waals surface area contributed by atoms with Gasteiger partial charge >= 0.3 is 0 Å². The largest absolute Gasteiger partial charge is 0.507 e. The molecule has 7 heteroatoms. The maximum atomic E-state index is 13.2. The van der Waals surface area contributed by atoms with Gasteiger partial charge in [-0.15, -0.1) is 0 Å². The highest BCUT2D eigenvalue weighted by Crippen LogP contribution is 2.40. The van der Waals surface area contributed by atoms with Crippen LogP contribution < -0.4 is 9.47 Å². The van der Waals surface area contributed by atoms with Gasteiger partial charge in [0.15, 0.2) is 0 Å². The molecule has 0 saturated carbocycles. The number of unbranched alkanes of at least 4 members (excludes halogenated alkanes) is 2. The van der Waals surface area contributed by atoms with E-state index in [2.05, 4.69) is 6.92 Å². The highest BCUT2D eigenvalue weighted by atomic mass is 16.5.